The molecular weight excluding hydrogens is 477 g/mol. The van der Waals surface area contributed by atoms with E-state index in [1.807, 2.05) is 0 Å². The van der Waals surface area contributed by atoms with Crippen molar-refractivity contribution in [2.75, 3.05) is 11.9 Å². The Morgan fingerprint density at radius 2 is 1.94 bits per heavy atom. The van der Waals surface area contributed by atoms with E-state index in [-0.39, 0.29) is 27.6 Å². The quantitative estimate of drug-likeness (QED) is 0.458. The van der Waals surface area contributed by atoms with Crippen molar-refractivity contribution in [3.8, 4) is 5.69 Å². The van der Waals surface area contributed by atoms with Gasteiger partial charge in [0, 0.05) is 6.54 Å². The first-order chi connectivity index (χ1) is 16.4. The number of hydrogen-bond acceptors (Lipinski definition) is 5. The highest BCUT2D eigenvalue weighted by molar-refractivity contribution is 6.35. The van der Waals surface area contributed by atoms with E-state index in [9.17, 15) is 18.8 Å². The largest absolute Gasteiger partial charge is 0.444 e. The second-order valence-electron chi connectivity index (χ2n) is 8.76. The molecule has 0 radical (unpaired) electrons. The standard InChI is InChI=1S/C24H27ClFN5O4/c1-6-27-22(33)30-18-12-14(10-11-16(18)26)31-20(13(2)28-23(34)35-24(3,4)5)29-17-9-7-8-15(25)19(17)21(31)32/h7-13H,6H2,1-5H3,(H,28,34)(H2,27,30,33)/t13-/m0/s1. The lowest BCUT2D eigenvalue weighted by Gasteiger charge is -2.23. The summed E-state index contributed by atoms with van der Waals surface area (Å²) in [7, 11) is 0. The summed E-state index contributed by atoms with van der Waals surface area (Å²) in [5, 5.41) is 7.96. The lowest BCUT2D eigenvalue weighted by Crippen LogP contribution is -2.37. The maximum atomic E-state index is 14.5. The summed E-state index contributed by atoms with van der Waals surface area (Å²) in [6.45, 7) is 8.89. The Bertz CT molecular complexity index is 1340. The molecule has 0 aliphatic carbocycles. The van der Waals surface area contributed by atoms with Gasteiger partial charge in [-0.1, -0.05) is 17.7 Å². The van der Waals surface area contributed by atoms with Crippen molar-refractivity contribution in [1.82, 2.24) is 20.2 Å². The Labute approximate surface area is 206 Å². The average Bonchev–Trinajstić information content (AvgIpc) is 2.74. The Morgan fingerprint density at radius 3 is 2.60 bits per heavy atom. The van der Waals surface area contributed by atoms with Crippen LogP contribution in [0.15, 0.2) is 41.2 Å². The van der Waals surface area contributed by atoms with Gasteiger partial charge in [-0.3, -0.25) is 9.36 Å². The van der Waals surface area contributed by atoms with Crippen LogP contribution in [0.2, 0.25) is 5.02 Å². The Morgan fingerprint density at radius 1 is 1.23 bits per heavy atom. The van der Waals surface area contributed by atoms with Gasteiger partial charge in [0.25, 0.3) is 5.56 Å². The number of aromatic nitrogens is 2. The molecule has 1 heterocycles. The maximum Gasteiger partial charge on any atom is 0.408 e. The van der Waals surface area contributed by atoms with Gasteiger partial charge in [0.2, 0.25) is 0 Å². The lowest BCUT2D eigenvalue weighted by atomic mass is 10.2. The van der Waals surface area contributed by atoms with Crippen LogP contribution in [0.5, 0.6) is 0 Å². The summed E-state index contributed by atoms with van der Waals surface area (Å²) in [6.07, 6.45) is -0.699. The zero-order valence-corrected chi connectivity index (χ0v) is 20.8. The third-order valence-electron chi connectivity index (χ3n) is 4.79. The average molecular weight is 504 g/mol. The minimum absolute atomic E-state index is 0.140. The highest BCUT2D eigenvalue weighted by Gasteiger charge is 2.24. The topological polar surface area (TPSA) is 114 Å². The van der Waals surface area contributed by atoms with Crippen LogP contribution in [0.4, 0.5) is 19.7 Å². The zero-order valence-electron chi connectivity index (χ0n) is 20.0. The van der Waals surface area contributed by atoms with Crippen molar-refractivity contribution in [1.29, 1.82) is 0 Å². The van der Waals surface area contributed by atoms with Crippen molar-refractivity contribution in [3.05, 3.63) is 63.4 Å². The molecule has 3 aromatic rings. The second kappa shape index (κ2) is 10.3. The van der Waals surface area contributed by atoms with E-state index in [1.54, 1.807) is 52.8 Å². The normalized spacial score (nSPS) is 12.2. The number of amides is 3. The molecule has 35 heavy (non-hydrogen) atoms. The monoisotopic (exact) mass is 503 g/mol. The van der Waals surface area contributed by atoms with Crippen LogP contribution in [0, 0.1) is 5.82 Å². The number of urea groups is 1. The maximum absolute atomic E-state index is 14.5. The van der Waals surface area contributed by atoms with Crippen LogP contribution in [0.1, 0.15) is 46.5 Å². The molecule has 2 aromatic carbocycles. The molecule has 0 aliphatic heterocycles. The van der Waals surface area contributed by atoms with Crippen LogP contribution in [0.25, 0.3) is 16.6 Å². The molecular formula is C24H27ClFN5O4. The Balaban J connectivity index is 2.18. The van der Waals surface area contributed by atoms with Crippen LogP contribution < -0.4 is 21.5 Å². The van der Waals surface area contributed by atoms with Gasteiger partial charge in [-0.15, -0.1) is 0 Å². The summed E-state index contributed by atoms with van der Waals surface area (Å²) in [5.74, 6) is -0.535. The number of carbonyl (C=O) groups excluding carboxylic acids is 2. The van der Waals surface area contributed by atoms with Gasteiger partial charge < -0.3 is 20.7 Å². The van der Waals surface area contributed by atoms with Crippen molar-refractivity contribution in [2.24, 2.45) is 0 Å². The molecule has 3 N–H and O–H groups in total. The predicted molar refractivity (Wildman–Crippen MR) is 133 cm³/mol. The molecule has 3 amide bonds. The fraction of sp³-hybridized carbons (Fsp3) is 0.333. The minimum atomic E-state index is -0.786. The van der Waals surface area contributed by atoms with Crippen molar-refractivity contribution >= 4 is 40.3 Å². The van der Waals surface area contributed by atoms with Gasteiger partial charge in [-0.05, 0) is 65.0 Å². The molecule has 1 atom stereocenters. The van der Waals surface area contributed by atoms with Crippen molar-refractivity contribution in [3.63, 3.8) is 0 Å². The molecule has 186 valence electrons. The fourth-order valence-corrected chi connectivity index (χ4v) is 3.62. The summed E-state index contributed by atoms with van der Waals surface area (Å²) < 4.78 is 21.0. The molecule has 0 saturated heterocycles. The molecule has 3 rings (SSSR count). The van der Waals surface area contributed by atoms with E-state index >= 15 is 0 Å². The van der Waals surface area contributed by atoms with Gasteiger partial charge >= 0.3 is 12.1 Å². The number of halogens is 2. The fourth-order valence-electron chi connectivity index (χ4n) is 3.37. The van der Waals surface area contributed by atoms with Crippen LogP contribution in [-0.2, 0) is 4.74 Å². The minimum Gasteiger partial charge on any atom is -0.444 e. The van der Waals surface area contributed by atoms with E-state index in [0.717, 1.165) is 6.07 Å². The third-order valence-corrected chi connectivity index (χ3v) is 5.10. The SMILES string of the molecule is CCNC(=O)Nc1cc(-n2c([C@H](C)NC(=O)OC(C)(C)C)nc3cccc(Cl)c3c2=O)ccc1F. The van der Waals surface area contributed by atoms with Gasteiger partial charge in [-0.2, -0.15) is 0 Å². The first-order valence-corrected chi connectivity index (χ1v) is 11.3. The number of alkyl carbamates (subject to hydrolysis) is 1. The number of ether oxygens (including phenoxy) is 1. The predicted octanol–water partition coefficient (Wildman–Crippen LogP) is 4.91. The first-order valence-electron chi connectivity index (χ1n) is 11.0. The number of anilines is 1. The summed E-state index contributed by atoms with van der Waals surface area (Å²) in [6, 6.07) is 7.25. The summed E-state index contributed by atoms with van der Waals surface area (Å²) >= 11 is 6.30. The lowest BCUT2D eigenvalue weighted by molar-refractivity contribution is 0.0505. The van der Waals surface area contributed by atoms with Crippen LogP contribution >= 0.6 is 11.6 Å². The first kappa shape index (κ1) is 26.0. The molecule has 11 heteroatoms. The Kier molecular flexibility index (Phi) is 7.64. The molecule has 0 bridgehead atoms. The zero-order chi connectivity index (χ0) is 25.9. The number of fused-ring (bicyclic) bond motifs is 1. The molecule has 0 aliphatic rings. The van der Waals surface area contributed by atoms with E-state index < -0.39 is 35.1 Å². The van der Waals surface area contributed by atoms with E-state index in [4.69, 9.17) is 16.3 Å². The van der Waals surface area contributed by atoms with Crippen LogP contribution in [-0.4, -0.2) is 33.8 Å². The van der Waals surface area contributed by atoms with Gasteiger partial charge in [0.15, 0.2) is 0 Å². The molecule has 0 saturated carbocycles. The highest BCUT2D eigenvalue weighted by Crippen LogP contribution is 2.25. The molecule has 0 spiro atoms. The van der Waals surface area contributed by atoms with Crippen molar-refractivity contribution in [2.45, 2.75) is 46.3 Å². The smallest absolute Gasteiger partial charge is 0.408 e. The number of hydrogen-bond donors (Lipinski definition) is 3. The van der Waals surface area contributed by atoms with E-state index in [0.29, 0.717) is 12.1 Å². The second-order valence-corrected chi connectivity index (χ2v) is 9.17. The molecule has 1 aromatic heterocycles. The number of nitrogens with zero attached hydrogens (tertiary/aromatic N) is 2. The highest BCUT2D eigenvalue weighted by atomic mass is 35.5. The number of benzene rings is 2. The van der Waals surface area contributed by atoms with Gasteiger partial charge in [0.1, 0.15) is 17.2 Å². The summed E-state index contributed by atoms with van der Waals surface area (Å²) in [4.78, 5) is 42.6. The summed E-state index contributed by atoms with van der Waals surface area (Å²) in [5.41, 5.74) is -0.855. The van der Waals surface area contributed by atoms with E-state index in [2.05, 4.69) is 20.9 Å². The van der Waals surface area contributed by atoms with Crippen LogP contribution in [0.3, 0.4) is 0 Å². The van der Waals surface area contributed by atoms with Gasteiger partial charge in [-0.25, -0.2) is 19.0 Å². The third kappa shape index (κ3) is 6.07. The molecule has 0 unspecified atom stereocenters. The number of rotatable bonds is 5. The number of carbonyl (C=O) groups is 2. The van der Waals surface area contributed by atoms with Gasteiger partial charge in [0.05, 0.1) is 33.3 Å². The molecule has 9 nitrogen and oxygen atoms in total. The number of nitrogens with one attached hydrogen (secondary N) is 3. The molecule has 0 fully saturated rings. The van der Waals surface area contributed by atoms with Crippen molar-refractivity contribution < 1.29 is 18.7 Å². The Hall–Kier alpha value is -3.66. The van der Waals surface area contributed by atoms with E-state index in [1.165, 1.54) is 16.7 Å².